The molecular weight excluding hydrogens is 362 g/mol. The lowest BCUT2D eigenvalue weighted by molar-refractivity contribution is 0.1000. The maximum atomic E-state index is 11.3. The Balaban J connectivity index is 1.49. The molecule has 6 heteroatoms. The maximum absolute atomic E-state index is 11.3. The largest absolute Gasteiger partial charge is 0.366 e. The Morgan fingerprint density at radius 1 is 1.17 bits per heavy atom. The van der Waals surface area contributed by atoms with Crippen LogP contribution < -0.4 is 16.4 Å². The van der Waals surface area contributed by atoms with Gasteiger partial charge in [-0.05, 0) is 43.0 Å². The Morgan fingerprint density at radius 2 is 1.93 bits per heavy atom. The lowest BCUT2D eigenvalue weighted by atomic mass is 9.97. The molecule has 1 fully saturated rings. The smallest absolute Gasteiger partial charge is 0.248 e. The summed E-state index contributed by atoms with van der Waals surface area (Å²) in [6.45, 7) is 4.94. The molecule has 1 amide bonds. The minimum Gasteiger partial charge on any atom is -0.366 e. The summed E-state index contributed by atoms with van der Waals surface area (Å²) >= 11 is 0. The second-order valence-corrected chi connectivity index (χ2v) is 7.66. The van der Waals surface area contributed by atoms with Crippen LogP contribution in [0.3, 0.4) is 0 Å². The van der Waals surface area contributed by atoms with Crippen molar-refractivity contribution in [1.29, 1.82) is 0 Å². The van der Waals surface area contributed by atoms with Crippen LogP contribution in [0.25, 0.3) is 0 Å². The number of nitrogens with two attached hydrogens (primary N) is 1. The van der Waals surface area contributed by atoms with E-state index in [1.165, 1.54) is 5.56 Å². The molecule has 6 nitrogen and oxygen atoms in total. The first-order valence-electron chi connectivity index (χ1n) is 10.2. The molecule has 0 spiro atoms. The number of amides is 1. The van der Waals surface area contributed by atoms with E-state index in [2.05, 4.69) is 57.8 Å². The van der Waals surface area contributed by atoms with Gasteiger partial charge in [-0.3, -0.25) is 14.7 Å². The van der Waals surface area contributed by atoms with E-state index in [-0.39, 0.29) is 0 Å². The van der Waals surface area contributed by atoms with Crippen molar-refractivity contribution in [2.75, 3.05) is 13.6 Å². The standard InChI is InChI=1S/C23H31N5O/c1-17-13-21(11-12-28(17)16-18-7-4-3-5-8-18)27-23(25-2)26-15-19-9-6-10-20(14-19)22(24)29/h3-10,14,17,21H,11-13,15-16H2,1-2H3,(H2,24,29)(H2,25,26,27). The van der Waals surface area contributed by atoms with Crippen LogP contribution in [0, 0.1) is 0 Å². The molecule has 29 heavy (non-hydrogen) atoms. The normalized spacial score (nSPS) is 20.3. The predicted molar refractivity (Wildman–Crippen MR) is 118 cm³/mol. The second kappa shape index (κ2) is 10.1. The van der Waals surface area contributed by atoms with Crippen molar-refractivity contribution in [3.05, 3.63) is 71.3 Å². The summed E-state index contributed by atoms with van der Waals surface area (Å²) < 4.78 is 0. The molecule has 0 aromatic heterocycles. The van der Waals surface area contributed by atoms with Crippen molar-refractivity contribution in [3.8, 4) is 0 Å². The number of piperidine rings is 1. The molecule has 0 radical (unpaired) electrons. The molecular formula is C23H31N5O. The number of hydrogen-bond donors (Lipinski definition) is 3. The molecule has 0 aliphatic carbocycles. The fraction of sp³-hybridized carbons (Fsp3) is 0.391. The first-order chi connectivity index (χ1) is 14.0. The van der Waals surface area contributed by atoms with E-state index in [9.17, 15) is 4.79 Å². The van der Waals surface area contributed by atoms with Gasteiger partial charge in [0.25, 0.3) is 0 Å². The Kier molecular flexibility index (Phi) is 7.25. The monoisotopic (exact) mass is 393 g/mol. The number of guanidine groups is 1. The number of aliphatic imine (C=N–C) groups is 1. The van der Waals surface area contributed by atoms with Crippen molar-refractivity contribution >= 4 is 11.9 Å². The number of hydrogen-bond acceptors (Lipinski definition) is 3. The third kappa shape index (κ3) is 6.06. The van der Waals surface area contributed by atoms with E-state index in [0.29, 0.717) is 24.2 Å². The van der Waals surface area contributed by atoms with Gasteiger partial charge < -0.3 is 16.4 Å². The Hall–Kier alpha value is -2.86. The maximum Gasteiger partial charge on any atom is 0.248 e. The van der Waals surface area contributed by atoms with Crippen molar-refractivity contribution in [3.63, 3.8) is 0 Å². The fourth-order valence-corrected chi connectivity index (χ4v) is 3.81. The summed E-state index contributed by atoms with van der Waals surface area (Å²) in [5, 5.41) is 6.89. The van der Waals surface area contributed by atoms with Gasteiger partial charge in [0.1, 0.15) is 0 Å². The number of carbonyl (C=O) groups excluding carboxylic acids is 1. The Bertz CT molecular complexity index is 836. The molecule has 1 aliphatic rings. The number of rotatable bonds is 6. The van der Waals surface area contributed by atoms with Crippen molar-refractivity contribution < 1.29 is 4.79 Å². The van der Waals surface area contributed by atoms with E-state index >= 15 is 0 Å². The molecule has 3 rings (SSSR count). The van der Waals surface area contributed by atoms with Gasteiger partial charge >= 0.3 is 0 Å². The zero-order valence-corrected chi connectivity index (χ0v) is 17.3. The van der Waals surface area contributed by atoms with Crippen LogP contribution in [0.4, 0.5) is 0 Å². The third-order valence-electron chi connectivity index (χ3n) is 5.48. The Morgan fingerprint density at radius 3 is 2.62 bits per heavy atom. The van der Waals surface area contributed by atoms with Gasteiger partial charge in [-0.1, -0.05) is 42.5 Å². The van der Waals surface area contributed by atoms with Crippen LogP contribution in [0.5, 0.6) is 0 Å². The third-order valence-corrected chi connectivity index (χ3v) is 5.48. The molecule has 2 atom stereocenters. The highest BCUT2D eigenvalue weighted by atomic mass is 16.1. The second-order valence-electron chi connectivity index (χ2n) is 7.66. The molecule has 2 aromatic rings. The van der Waals surface area contributed by atoms with Crippen LogP contribution in [0.15, 0.2) is 59.6 Å². The van der Waals surface area contributed by atoms with Crippen LogP contribution in [0.2, 0.25) is 0 Å². The minimum absolute atomic E-state index is 0.389. The molecule has 1 saturated heterocycles. The van der Waals surface area contributed by atoms with E-state index in [4.69, 9.17) is 5.73 Å². The summed E-state index contributed by atoms with van der Waals surface area (Å²) in [5.41, 5.74) is 8.24. The van der Waals surface area contributed by atoms with Gasteiger partial charge in [0.15, 0.2) is 5.96 Å². The van der Waals surface area contributed by atoms with Gasteiger partial charge in [-0.25, -0.2) is 0 Å². The SMILES string of the molecule is CN=C(NCc1cccc(C(N)=O)c1)NC1CCN(Cc2ccccc2)C(C)C1. The van der Waals surface area contributed by atoms with Gasteiger partial charge in [-0.15, -0.1) is 0 Å². The van der Waals surface area contributed by atoms with E-state index < -0.39 is 5.91 Å². The molecule has 154 valence electrons. The fourth-order valence-electron chi connectivity index (χ4n) is 3.81. The molecule has 2 unspecified atom stereocenters. The highest BCUT2D eigenvalue weighted by Crippen LogP contribution is 2.20. The number of carbonyl (C=O) groups is 1. The van der Waals surface area contributed by atoms with Crippen molar-refractivity contribution in [1.82, 2.24) is 15.5 Å². The molecule has 1 aliphatic heterocycles. The quantitative estimate of drug-likeness (QED) is 0.520. The topological polar surface area (TPSA) is 82.7 Å². The lowest BCUT2D eigenvalue weighted by Crippen LogP contribution is -2.51. The lowest BCUT2D eigenvalue weighted by Gasteiger charge is -2.38. The molecule has 4 N–H and O–H groups in total. The predicted octanol–water partition coefficient (Wildman–Crippen LogP) is 2.50. The highest BCUT2D eigenvalue weighted by Gasteiger charge is 2.25. The van der Waals surface area contributed by atoms with E-state index in [1.54, 1.807) is 13.1 Å². The van der Waals surface area contributed by atoms with Crippen LogP contribution >= 0.6 is 0 Å². The number of nitrogens with zero attached hydrogens (tertiary/aromatic N) is 2. The zero-order valence-electron chi connectivity index (χ0n) is 17.3. The molecule has 0 bridgehead atoms. The summed E-state index contributed by atoms with van der Waals surface area (Å²) in [5.74, 6) is 0.369. The number of benzene rings is 2. The number of nitrogens with one attached hydrogen (secondary N) is 2. The number of primary amides is 1. The number of likely N-dealkylation sites (tertiary alicyclic amines) is 1. The van der Waals surface area contributed by atoms with E-state index in [0.717, 1.165) is 37.5 Å². The van der Waals surface area contributed by atoms with Crippen LogP contribution in [0.1, 0.15) is 41.3 Å². The van der Waals surface area contributed by atoms with Crippen molar-refractivity contribution in [2.24, 2.45) is 10.7 Å². The van der Waals surface area contributed by atoms with Gasteiger partial charge in [0, 0.05) is 44.3 Å². The average Bonchev–Trinajstić information content (AvgIpc) is 2.74. The Labute approximate surface area is 173 Å². The highest BCUT2D eigenvalue weighted by molar-refractivity contribution is 5.92. The zero-order chi connectivity index (χ0) is 20.6. The van der Waals surface area contributed by atoms with Crippen LogP contribution in [-0.4, -0.2) is 42.4 Å². The molecule has 0 saturated carbocycles. The first-order valence-corrected chi connectivity index (χ1v) is 10.2. The van der Waals surface area contributed by atoms with Gasteiger partial charge in [0.05, 0.1) is 0 Å². The average molecular weight is 394 g/mol. The summed E-state index contributed by atoms with van der Waals surface area (Å²) in [7, 11) is 1.78. The summed E-state index contributed by atoms with van der Waals surface area (Å²) in [6.07, 6.45) is 2.15. The minimum atomic E-state index is -0.411. The van der Waals surface area contributed by atoms with E-state index in [1.807, 2.05) is 18.2 Å². The summed E-state index contributed by atoms with van der Waals surface area (Å²) in [4.78, 5) is 18.2. The van der Waals surface area contributed by atoms with Gasteiger partial charge in [-0.2, -0.15) is 0 Å². The van der Waals surface area contributed by atoms with Gasteiger partial charge in [0.2, 0.25) is 5.91 Å². The molecule has 1 heterocycles. The first kappa shape index (κ1) is 20.9. The summed E-state index contributed by atoms with van der Waals surface area (Å²) in [6, 6.07) is 18.9. The van der Waals surface area contributed by atoms with Crippen molar-refractivity contribution in [2.45, 2.75) is 44.9 Å². The molecule has 2 aromatic carbocycles. The van der Waals surface area contributed by atoms with Crippen LogP contribution in [-0.2, 0) is 13.1 Å².